The van der Waals surface area contributed by atoms with Crippen LogP contribution in [0.15, 0.2) is 60.1 Å². The second-order valence-electron chi connectivity index (χ2n) is 5.96. The van der Waals surface area contributed by atoms with Gasteiger partial charge in [0.2, 0.25) is 5.95 Å². The molecular formula is C20H17N5O2S. The molecule has 4 rings (SSSR count). The molecule has 140 valence electrons. The number of carbonyl (C=O) groups is 1. The van der Waals surface area contributed by atoms with Gasteiger partial charge >= 0.3 is 0 Å². The van der Waals surface area contributed by atoms with Crippen molar-refractivity contribution in [3.63, 3.8) is 0 Å². The number of hydrogen-bond donors (Lipinski definition) is 1. The van der Waals surface area contributed by atoms with Gasteiger partial charge in [-0.3, -0.25) is 14.5 Å². The Balaban J connectivity index is 1.44. The fourth-order valence-electron chi connectivity index (χ4n) is 2.62. The lowest BCUT2D eigenvalue weighted by molar-refractivity contribution is -0.111. The van der Waals surface area contributed by atoms with Crippen LogP contribution in [0.3, 0.4) is 0 Å². The fourth-order valence-corrected chi connectivity index (χ4v) is 3.22. The van der Waals surface area contributed by atoms with Crippen LogP contribution in [-0.2, 0) is 11.4 Å². The van der Waals surface area contributed by atoms with Crippen molar-refractivity contribution in [2.75, 3.05) is 5.32 Å². The van der Waals surface area contributed by atoms with Crippen LogP contribution in [0.5, 0.6) is 5.75 Å². The molecule has 4 aromatic rings. The molecular weight excluding hydrogens is 374 g/mol. The summed E-state index contributed by atoms with van der Waals surface area (Å²) in [5, 5.41) is 13.7. The second kappa shape index (κ2) is 8.01. The molecule has 0 unspecified atom stereocenters. The first-order valence-electron chi connectivity index (χ1n) is 8.61. The molecule has 3 aromatic heterocycles. The third-order valence-corrected chi connectivity index (χ3v) is 4.75. The number of ether oxygens (including phenoxy) is 1. The molecule has 1 aromatic carbocycles. The summed E-state index contributed by atoms with van der Waals surface area (Å²) in [4.78, 5) is 16.7. The third-order valence-electron chi connectivity index (χ3n) is 3.92. The number of benzene rings is 1. The van der Waals surface area contributed by atoms with Crippen LogP contribution >= 0.6 is 11.3 Å². The lowest BCUT2D eigenvalue weighted by atomic mass is 10.2. The van der Waals surface area contributed by atoms with Crippen LogP contribution in [0.4, 0.5) is 5.95 Å². The molecule has 0 radical (unpaired) electrons. The minimum absolute atomic E-state index is 0.303. The molecule has 0 aliphatic carbocycles. The van der Waals surface area contributed by atoms with E-state index in [4.69, 9.17) is 4.74 Å². The van der Waals surface area contributed by atoms with Crippen molar-refractivity contribution in [1.82, 2.24) is 19.6 Å². The van der Waals surface area contributed by atoms with Gasteiger partial charge in [-0.1, -0.05) is 24.3 Å². The van der Waals surface area contributed by atoms with Crippen LogP contribution in [0.1, 0.15) is 16.3 Å². The van der Waals surface area contributed by atoms with E-state index in [9.17, 15) is 4.79 Å². The molecule has 0 saturated heterocycles. The predicted octanol–water partition coefficient (Wildman–Crippen LogP) is 3.73. The molecule has 8 heteroatoms. The summed E-state index contributed by atoms with van der Waals surface area (Å²) in [5.74, 6) is 0.752. The van der Waals surface area contributed by atoms with Gasteiger partial charge in [0.15, 0.2) is 5.65 Å². The van der Waals surface area contributed by atoms with Gasteiger partial charge in [0.05, 0.1) is 10.7 Å². The van der Waals surface area contributed by atoms with Gasteiger partial charge in [-0.2, -0.15) is 0 Å². The van der Waals surface area contributed by atoms with E-state index in [0.29, 0.717) is 24.0 Å². The molecule has 1 N–H and O–H groups in total. The Hall–Kier alpha value is -3.52. The van der Waals surface area contributed by atoms with E-state index in [1.165, 1.54) is 6.08 Å². The fraction of sp³-hybridized carbons (Fsp3) is 0.100. The number of anilines is 1. The Bertz CT molecular complexity index is 1150. The molecule has 0 bridgehead atoms. The predicted molar refractivity (Wildman–Crippen MR) is 108 cm³/mol. The smallest absolute Gasteiger partial charge is 0.250 e. The van der Waals surface area contributed by atoms with Crippen molar-refractivity contribution in [1.29, 1.82) is 0 Å². The molecule has 7 nitrogen and oxygen atoms in total. The number of fused-ring (bicyclic) bond motifs is 1. The highest BCUT2D eigenvalue weighted by atomic mass is 32.1. The normalized spacial score (nSPS) is 11.2. The van der Waals surface area contributed by atoms with Crippen LogP contribution in [0.25, 0.3) is 11.7 Å². The maximum atomic E-state index is 12.3. The number of carbonyl (C=O) groups excluding carboxylic acids is 1. The van der Waals surface area contributed by atoms with E-state index in [0.717, 1.165) is 16.3 Å². The van der Waals surface area contributed by atoms with E-state index in [1.807, 2.05) is 54.8 Å². The second-order valence-corrected chi connectivity index (χ2v) is 7.02. The van der Waals surface area contributed by atoms with E-state index < -0.39 is 0 Å². The average molecular weight is 391 g/mol. The molecule has 28 heavy (non-hydrogen) atoms. The molecule has 0 aliphatic rings. The van der Waals surface area contributed by atoms with Gasteiger partial charge in [-0.25, -0.2) is 4.98 Å². The molecule has 0 aliphatic heterocycles. The maximum absolute atomic E-state index is 12.3. The first kappa shape index (κ1) is 17.9. The summed E-state index contributed by atoms with van der Waals surface area (Å²) >= 11 is 1.59. The van der Waals surface area contributed by atoms with Gasteiger partial charge in [0.1, 0.15) is 12.4 Å². The maximum Gasteiger partial charge on any atom is 0.250 e. The highest BCUT2D eigenvalue weighted by molar-refractivity contribution is 7.09. The Morgan fingerprint density at radius 2 is 2.07 bits per heavy atom. The summed E-state index contributed by atoms with van der Waals surface area (Å²) in [6.45, 7) is 2.34. The minimum Gasteiger partial charge on any atom is -0.487 e. The number of thiazole rings is 1. The molecule has 0 atom stereocenters. The number of pyridine rings is 1. The molecule has 0 fully saturated rings. The van der Waals surface area contributed by atoms with Crippen molar-refractivity contribution >= 4 is 34.9 Å². The van der Waals surface area contributed by atoms with Gasteiger partial charge < -0.3 is 4.74 Å². The zero-order valence-corrected chi connectivity index (χ0v) is 15.9. The average Bonchev–Trinajstić information content (AvgIpc) is 3.32. The summed E-state index contributed by atoms with van der Waals surface area (Å²) in [7, 11) is 0. The SMILES string of the molecule is Cc1nc(COc2ccccc2/C=C/C(=O)Nc2nnc3ccccn23)cs1. The summed E-state index contributed by atoms with van der Waals surface area (Å²) in [5.41, 5.74) is 2.35. The number of rotatable bonds is 6. The number of hydrogen-bond acceptors (Lipinski definition) is 6. The van der Waals surface area contributed by atoms with Gasteiger partial charge in [-0.05, 0) is 31.2 Å². The topological polar surface area (TPSA) is 81.4 Å². The third kappa shape index (κ3) is 4.07. The quantitative estimate of drug-likeness (QED) is 0.507. The van der Waals surface area contributed by atoms with Crippen LogP contribution in [0.2, 0.25) is 0 Å². The first-order valence-corrected chi connectivity index (χ1v) is 9.49. The van der Waals surface area contributed by atoms with Gasteiger partial charge in [0.25, 0.3) is 5.91 Å². The first-order chi connectivity index (χ1) is 13.7. The number of nitrogens with one attached hydrogen (secondary N) is 1. The standard InChI is InChI=1S/C20H17N5O2S/c1-14-21-16(13-28-14)12-27-17-7-3-2-6-15(17)9-10-19(26)22-20-24-23-18-8-4-5-11-25(18)20/h2-11,13H,12H2,1H3,(H,22,24,26)/b10-9+. The molecule has 3 heterocycles. The highest BCUT2D eigenvalue weighted by Crippen LogP contribution is 2.21. The highest BCUT2D eigenvalue weighted by Gasteiger charge is 2.07. The Morgan fingerprint density at radius 3 is 2.93 bits per heavy atom. The van der Waals surface area contributed by atoms with E-state index in [-0.39, 0.29) is 5.91 Å². The van der Waals surface area contributed by atoms with Crippen molar-refractivity contribution in [3.8, 4) is 5.75 Å². The van der Waals surface area contributed by atoms with Crippen LogP contribution < -0.4 is 10.1 Å². The summed E-state index contributed by atoms with van der Waals surface area (Å²) < 4.78 is 7.57. The number of nitrogens with zero attached hydrogens (tertiary/aromatic N) is 4. The van der Waals surface area contributed by atoms with Crippen LogP contribution in [0, 0.1) is 6.92 Å². The Kier molecular flexibility index (Phi) is 5.11. The molecule has 0 saturated carbocycles. The van der Waals surface area contributed by atoms with E-state index >= 15 is 0 Å². The lowest BCUT2D eigenvalue weighted by Crippen LogP contribution is -2.10. The summed E-state index contributed by atoms with van der Waals surface area (Å²) in [6.07, 6.45) is 4.94. The lowest BCUT2D eigenvalue weighted by Gasteiger charge is -2.07. The van der Waals surface area contributed by atoms with Gasteiger partial charge in [0, 0.05) is 23.2 Å². The Morgan fingerprint density at radius 1 is 1.21 bits per heavy atom. The minimum atomic E-state index is -0.303. The van der Waals surface area contributed by atoms with Crippen molar-refractivity contribution < 1.29 is 9.53 Å². The number of para-hydroxylation sites is 1. The number of amides is 1. The van der Waals surface area contributed by atoms with E-state index in [2.05, 4.69) is 20.5 Å². The van der Waals surface area contributed by atoms with E-state index in [1.54, 1.807) is 28.0 Å². The summed E-state index contributed by atoms with van der Waals surface area (Å²) in [6, 6.07) is 13.1. The van der Waals surface area contributed by atoms with Crippen molar-refractivity contribution in [3.05, 3.63) is 76.4 Å². The number of aromatic nitrogens is 4. The zero-order valence-electron chi connectivity index (χ0n) is 15.1. The number of aryl methyl sites for hydroxylation is 1. The van der Waals surface area contributed by atoms with Crippen molar-refractivity contribution in [2.45, 2.75) is 13.5 Å². The van der Waals surface area contributed by atoms with Gasteiger partial charge in [-0.15, -0.1) is 21.5 Å². The molecule has 1 amide bonds. The van der Waals surface area contributed by atoms with Crippen LogP contribution in [-0.4, -0.2) is 25.5 Å². The molecule has 0 spiro atoms. The Labute approximate surface area is 165 Å². The monoisotopic (exact) mass is 391 g/mol. The largest absolute Gasteiger partial charge is 0.487 e. The zero-order chi connectivity index (χ0) is 19.3. The van der Waals surface area contributed by atoms with Crippen molar-refractivity contribution in [2.24, 2.45) is 0 Å².